The van der Waals surface area contributed by atoms with Gasteiger partial charge >= 0.3 is 6.18 Å². The van der Waals surface area contributed by atoms with Crippen molar-refractivity contribution in [1.82, 2.24) is 4.98 Å². The molecular weight excluding hydrogens is 279 g/mol. The van der Waals surface area contributed by atoms with Gasteiger partial charge in [-0.2, -0.15) is 13.2 Å². The molecule has 0 amide bonds. The molecule has 112 valence electrons. The Morgan fingerprint density at radius 3 is 2.48 bits per heavy atom. The Kier molecular flexibility index (Phi) is 4.32. The summed E-state index contributed by atoms with van der Waals surface area (Å²) < 4.78 is 38.0. The lowest BCUT2D eigenvalue weighted by Gasteiger charge is -2.18. The highest BCUT2D eigenvalue weighted by molar-refractivity contribution is 5.40. The van der Waals surface area contributed by atoms with Crippen LogP contribution in [0.1, 0.15) is 40.8 Å². The molecule has 0 saturated carbocycles. The molecular formula is C16H16F3NO. The lowest BCUT2D eigenvalue weighted by molar-refractivity contribution is -0.137. The van der Waals surface area contributed by atoms with Crippen LogP contribution in [0.4, 0.5) is 13.2 Å². The van der Waals surface area contributed by atoms with Gasteiger partial charge in [0.25, 0.3) is 0 Å². The fourth-order valence-corrected chi connectivity index (χ4v) is 2.33. The maximum Gasteiger partial charge on any atom is 0.416 e. The van der Waals surface area contributed by atoms with Crippen molar-refractivity contribution in [2.24, 2.45) is 0 Å². The molecule has 0 aliphatic carbocycles. The monoisotopic (exact) mass is 295 g/mol. The number of alkyl halides is 3. The Labute approximate surface area is 121 Å². The Morgan fingerprint density at radius 1 is 1.19 bits per heavy atom. The van der Waals surface area contributed by atoms with Gasteiger partial charge < -0.3 is 5.11 Å². The zero-order valence-electron chi connectivity index (χ0n) is 11.8. The Balaban J connectivity index is 2.42. The molecule has 0 saturated heterocycles. The highest BCUT2D eigenvalue weighted by Crippen LogP contribution is 2.33. The Hall–Kier alpha value is -1.88. The first-order valence-electron chi connectivity index (χ1n) is 6.63. The van der Waals surface area contributed by atoms with Crippen molar-refractivity contribution in [2.45, 2.75) is 32.5 Å². The number of aliphatic hydroxyl groups is 1. The average Bonchev–Trinajstić information content (AvgIpc) is 2.45. The topological polar surface area (TPSA) is 33.1 Å². The molecule has 21 heavy (non-hydrogen) atoms. The van der Waals surface area contributed by atoms with Crippen LogP contribution in [0.5, 0.6) is 0 Å². The third-order valence-corrected chi connectivity index (χ3v) is 3.51. The molecule has 2 rings (SSSR count). The number of rotatable bonds is 3. The molecule has 1 aromatic carbocycles. The fourth-order valence-electron chi connectivity index (χ4n) is 2.33. The van der Waals surface area contributed by atoms with E-state index >= 15 is 0 Å². The van der Waals surface area contributed by atoms with Gasteiger partial charge in [0.1, 0.15) is 6.10 Å². The second-order valence-electron chi connectivity index (χ2n) is 4.90. The fraction of sp³-hybridized carbons (Fsp3) is 0.312. The van der Waals surface area contributed by atoms with Gasteiger partial charge in [-0.25, -0.2) is 0 Å². The lowest BCUT2D eigenvalue weighted by Crippen LogP contribution is -2.09. The number of pyridine rings is 1. The maximum atomic E-state index is 12.7. The molecule has 0 aliphatic rings. The molecule has 0 radical (unpaired) electrons. The number of aromatic nitrogens is 1. The van der Waals surface area contributed by atoms with E-state index in [0.717, 1.165) is 17.7 Å². The third kappa shape index (κ3) is 3.24. The van der Waals surface area contributed by atoms with Gasteiger partial charge in [0.05, 0.1) is 5.56 Å². The largest absolute Gasteiger partial charge is 0.416 e. The number of halogens is 3. The van der Waals surface area contributed by atoms with E-state index in [1.807, 2.05) is 6.92 Å². The van der Waals surface area contributed by atoms with E-state index in [1.165, 1.54) is 6.07 Å². The van der Waals surface area contributed by atoms with E-state index < -0.39 is 17.8 Å². The summed E-state index contributed by atoms with van der Waals surface area (Å²) in [5, 5.41) is 10.5. The van der Waals surface area contributed by atoms with Crippen LogP contribution in [0.15, 0.2) is 36.7 Å². The quantitative estimate of drug-likeness (QED) is 0.926. The van der Waals surface area contributed by atoms with E-state index in [1.54, 1.807) is 25.4 Å². The predicted octanol–water partition coefficient (Wildman–Crippen LogP) is 4.05. The van der Waals surface area contributed by atoms with Crippen molar-refractivity contribution in [3.8, 4) is 0 Å². The molecule has 5 heteroatoms. The molecule has 1 unspecified atom stereocenters. The van der Waals surface area contributed by atoms with Crippen molar-refractivity contribution < 1.29 is 18.3 Å². The van der Waals surface area contributed by atoms with E-state index in [-0.39, 0.29) is 0 Å². The summed E-state index contributed by atoms with van der Waals surface area (Å²) in [5.41, 5.74) is 1.74. The second-order valence-corrected chi connectivity index (χ2v) is 4.90. The van der Waals surface area contributed by atoms with Crippen molar-refractivity contribution in [3.63, 3.8) is 0 Å². The van der Waals surface area contributed by atoms with Gasteiger partial charge in [0.2, 0.25) is 0 Å². The number of nitrogens with zero attached hydrogens (tertiary/aromatic N) is 1. The van der Waals surface area contributed by atoms with Crippen molar-refractivity contribution in [3.05, 3.63) is 64.5 Å². The molecule has 0 bridgehead atoms. The molecule has 0 fully saturated rings. The maximum absolute atomic E-state index is 12.7. The van der Waals surface area contributed by atoms with E-state index in [2.05, 4.69) is 4.98 Å². The number of hydrogen-bond donors (Lipinski definition) is 1. The van der Waals surface area contributed by atoms with E-state index in [0.29, 0.717) is 23.1 Å². The zero-order chi connectivity index (χ0) is 15.6. The van der Waals surface area contributed by atoms with Crippen LogP contribution in [-0.2, 0) is 12.6 Å². The second kappa shape index (κ2) is 5.85. The number of aryl methyl sites for hydroxylation is 2. The van der Waals surface area contributed by atoms with Crippen LogP contribution in [-0.4, -0.2) is 10.1 Å². The SMILES string of the molecule is CCc1cnccc1C(O)c1ccc(C(F)(F)F)cc1C. The van der Waals surface area contributed by atoms with Crippen LogP contribution >= 0.6 is 0 Å². The lowest BCUT2D eigenvalue weighted by atomic mass is 9.93. The van der Waals surface area contributed by atoms with Gasteiger partial charge in [0, 0.05) is 12.4 Å². The summed E-state index contributed by atoms with van der Waals surface area (Å²) in [7, 11) is 0. The molecule has 1 heterocycles. The standard InChI is InChI=1S/C16H16F3NO/c1-3-11-9-20-7-6-14(11)15(21)13-5-4-12(8-10(13)2)16(17,18)19/h4-9,15,21H,3H2,1-2H3. The molecule has 2 nitrogen and oxygen atoms in total. The van der Waals surface area contributed by atoms with Gasteiger partial charge in [0.15, 0.2) is 0 Å². The smallest absolute Gasteiger partial charge is 0.384 e. The molecule has 2 aromatic rings. The minimum atomic E-state index is -4.38. The molecule has 1 atom stereocenters. The highest BCUT2D eigenvalue weighted by Gasteiger charge is 2.31. The first kappa shape index (κ1) is 15.5. The van der Waals surface area contributed by atoms with Crippen LogP contribution in [0, 0.1) is 6.92 Å². The Bertz CT molecular complexity index is 638. The van der Waals surface area contributed by atoms with Crippen molar-refractivity contribution in [1.29, 1.82) is 0 Å². The van der Waals surface area contributed by atoms with E-state index in [9.17, 15) is 18.3 Å². The molecule has 1 N–H and O–H groups in total. The van der Waals surface area contributed by atoms with Gasteiger partial charge in [-0.1, -0.05) is 13.0 Å². The first-order valence-corrected chi connectivity index (χ1v) is 6.63. The van der Waals surface area contributed by atoms with Gasteiger partial charge in [-0.15, -0.1) is 0 Å². The van der Waals surface area contributed by atoms with Crippen LogP contribution in [0.2, 0.25) is 0 Å². The zero-order valence-corrected chi connectivity index (χ0v) is 11.8. The van der Waals surface area contributed by atoms with E-state index in [4.69, 9.17) is 0 Å². The summed E-state index contributed by atoms with van der Waals surface area (Å²) in [4.78, 5) is 4.00. The highest BCUT2D eigenvalue weighted by atomic mass is 19.4. The van der Waals surface area contributed by atoms with Crippen molar-refractivity contribution >= 4 is 0 Å². The molecule has 1 aromatic heterocycles. The summed E-state index contributed by atoms with van der Waals surface area (Å²) in [6, 6.07) is 5.09. The third-order valence-electron chi connectivity index (χ3n) is 3.51. The van der Waals surface area contributed by atoms with Gasteiger partial charge in [-0.05, 0) is 53.8 Å². The average molecular weight is 295 g/mol. The minimum absolute atomic E-state index is 0.413. The summed E-state index contributed by atoms with van der Waals surface area (Å²) in [6.45, 7) is 3.51. The predicted molar refractivity (Wildman–Crippen MR) is 73.9 cm³/mol. The minimum Gasteiger partial charge on any atom is -0.384 e. The first-order chi connectivity index (χ1) is 9.84. The molecule has 0 aliphatic heterocycles. The summed E-state index contributed by atoms with van der Waals surface area (Å²) in [6.07, 6.45) is -1.40. The number of aliphatic hydroxyl groups excluding tert-OH is 1. The van der Waals surface area contributed by atoms with Crippen LogP contribution in [0.25, 0.3) is 0 Å². The normalized spacial score (nSPS) is 13.2. The number of hydrogen-bond acceptors (Lipinski definition) is 2. The van der Waals surface area contributed by atoms with Gasteiger partial charge in [-0.3, -0.25) is 4.98 Å². The van der Waals surface area contributed by atoms with Crippen LogP contribution in [0.3, 0.4) is 0 Å². The summed E-state index contributed by atoms with van der Waals surface area (Å²) in [5.74, 6) is 0. The summed E-state index contributed by atoms with van der Waals surface area (Å²) >= 11 is 0. The van der Waals surface area contributed by atoms with Crippen molar-refractivity contribution in [2.75, 3.05) is 0 Å². The number of benzene rings is 1. The molecule has 0 spiro atoms. The van der Waals surface area contributed by atoms with Crippen LogP contribution < -0.4 is 0 Å². The Morgan fingerprint density at radius 2 is 1.90 bits per heavy atom.